The van der Waals surface area contributed by atoms with Gasteiger partial charge in [0, 0.05) is 9.92 Å². The van der Waals surface area contributed by atoms with Gasteiger partial charge in [-0.2, -0.15) is 0 Å². The molecule has 0 bridgehead atoms. The highest BCUT2D eigenvalue weighted by atomic mass is 35.5. The van der Waals surface area contributed by atoms with Crippen molar-refractivity contribution in [1.29, 1.82) is 0 Å². The lowest BCUT2D eigenvalue weighted by Gasteiger charge is -1.98. The van der Waals surface area contributed by atoms with Crippen LogP contribution in [0.25, 0.3) is 0 Å². The van der Waals surface area contributed by atoms with Gasteiger partial charge in [-0.05, 0) is 24.3 Å². The van der Waals surface area contributed by atoms with E-state index in [2.05, 4.69) is 10.4 Å². The van der Waals surface area contributed by atoms with Crippen molar-refractivity contribution in [1.82, 2.24) is 10.4 Å². The molecule has 0 atom stereocenters. The van der Waals surface area contributed by atoms with Crippen LogP contribution in [0, 0.1) is 0 Å². The maximum absolute atomic E-state index is 11.3. The summed E-state index contributed by atoms with van der Waals surface area (Å²) < 4.78 is 0. The first-order valence-corrected chi connectivity index (χ1v) is 7.21. The van der Waals surface area contributed by atoms with Crippen LogP contribution >= 0.6 is 34.7 Å². The second kappa shape index (κ2) is 6.19. The first kappa shape index (κ1) is 13.4. The van der Waals surface area contributed by atoms with Crippen molar-refractivity contribution >= 4 is 40.6 Å². The van der Waals surface area contributed by atoms with E-state index in [0.717, 1.165) is 14.9 Å². The molecule has 0 fully saturated rings. The molecule has 0 radical (unpaired) electrons. The molecule has 0 saturated carbocycles. The summed E-state index contributed by atoms with van der Waals surface area (Å²) in [6.07, 6.45) is 1.53. The van der Waals surface area contributed by atoms with Gasteiger partial charge >= 0.3 is 0 Å². The average Bonchev–Trinajstić information content (AvgIpc) is 2.86. The SMILES string of the molecule is NNC(=O)c1cnc(CSc2ccc(Cl)cc2)s1. The Kier molecular flexibility index (Phi) is 4.60. The zero-order valence-corrected chi connectivity index (χ0v) is 11.6. The molecule has 1 heterocycles. The first-order chi connectivity index (χ1) is 8.69. The predicted molar refractivity (Wildman–Crippen MR) is 74.8 cm³/mol. The predicted octanol–water partition coefficient (Wildman–Crippen LogP) is 2.69. The number of thiazole rings is 1. The van der Waals surface area contributed by atoms with E-state index in [9.17, 15) is 4.79 Å². The first-order valence-electron chi connectivity index (χ1n) is 5.03. The molecule has 0 unspecified atom stereocenters. The molecule has 1 amide bonds. The number of aromatic nitrogens is 1. The van der Waals surface area contributed by atoms with Gasteiger partial charge in [0.05, 0.1) is 11.9 Å². The summed E-state index contributed by atoms with van der Waals surface area (Å²) in [4.78, 5) is 17.1. The Bertz CT molecular complexity index is 541. The number of benzene rings is 1. The Labute approximate surface area is 118 Å². The summed E-state index contributed by atoms with van der Waals surface area (Å²) in [7, 11) is 0. The van der Waals surface area contributed by atoms with Crippen molar-refractivity contribution in [3.8, 4) is 0 Å². The van der Waals surface area contributed by atoms with E-state index >= 15 is 0 Å². The third-order valence-corrected chi connectivity index (χ3v) is 4.54. The summed E-state index contributed by atoms with van der Waals surface area (Å²) in [5.74, 6) is 5.46. The Morgan fingerprint density at radius 3 is 2.83 bits per heavy atom. The number of hydrogen-bond acceptors (Lipinski definition) is 5. The van der Waals surface area contributed by atoms with E-state index in [4.69, 9.17) is 17.4 Å². The second-order valence-electron chi connectivity index (χ2n) is 3.33. The number of hydrogen-bond donors (Lipinski definition) is 2. The molecule has 94 valence electrons. The number of hydrazine groups is 1. The van der Waals surface area contributed by atoms with Crippen LogP contribution in [0.2, 0.25) is 5.02 Å². The van der Waals surface area contributed by atoms with Crippen LogP contribution in [0.4, 0.5) is 0 Å². The van der Waals surface area contributed by atoms with Crippen molar-refractivity contribution in [2.45, 2.75) is 10.6 Å². The number of rotatable bonds is 4. The highest BCUT2D eigenvalue weighted by Crippen LogP contribution is 2.26. The number of thioether (sulfide) groups is 1. The second-order valence-corrected chi connectivity index (χ2v) is 5.93. The number of nitrogens with one attached hydrogen (secondary N) is 1. The van der Waals surface area contributed by atoms with Crippen LogP contribution in [-0.4, -0.2) is 10.9 Å². The smallest absolute Gasteiger partial charge is 0.276 e. The monoisotopic (exact) mass is 299 g/mol. The molecule has 0 aliphatic rings. The van der Waals surface area contributed by atoms with E-state index in [-0.39, 0.29) is 5.91 Å². The molecule has 4 nitrogen and oxygen atoms in total. The Hall–Kier alpha value is -1.08. The fraction of sp³-hybridized carbons (Fsp3) is 0.0909. The highest BCUT2D eigenvalue weighted by molar-refractivity contribution is 7.98. The molecule has 18 heavy (non-hydrogen) atoms. The molecule has 0 aliphatic carbocycles. The van der Waals surface area contributed by atoms with Gasteiger partial charge in [-0.25, -0.2) is 10.8 Å². The number of nitrogens with two attached hydrogens (primary N) is 1. The average molecular weight is 300 g/mol. The molecular formula is C11H10ClN3OS2. The molecular weight excluding hydrogens is 290 g/mol. The number of carbonyl (C=O) groups excluding carboxylic acids is 1. The van der Waals surface area contributed by atoms with Crippen molar-refractivity contribution < 1.29 is 4.79 Å². The lowest BCUT2D eigenvalue weighted by Crippen LogP contribution is -2.29. The molecule has 0 saturated heterocycles. The van der Waals surface area contributed by atoms with Gasteiger partial charge in [0.2, 0.25) is 0 Å². The van der Waals surface area contributed by atoms with Crippen LogP contribution in [0.5, 0.6) is 0 Å². The van der Waals surface area contributed by atoms with Gasteiger partial charge in [-0.3, -0.25) is 10.2 Å². The summed E-state index contributed by atoms with van der Waals surface area (Å²) in [5, 5.41) is 1.60. The zero-order valence-electron chi connectivity index (χ0n) is 9.22. The van der Waals surface area contributed by atoms with Gasteiger partial charge < -0.3 is 0 Å². The van der Waals surface area contributed by atoms with Crippen molar-refractivity contribution in [2.75, 3.05) is 0 Å². The van der Waals surface area contributed by atoms with Crippen LogP contribution < -0.4 is 11.3 Å². The molecule has 2 rings (SSSR count). The van der Waals surface area contributed by atoms with Gasteiger partial charge in [0.15, 0.2) is 0 Å². The zero-order chi connectivity index (χ0) is 13.0. The van der Waals surface area contributed by atoms with Gasteiger partial charge in [0.25, 0.3) is 5.91 Å². The normalized spacial score (nSPS) is 10.3. The van der Waals surface area contributed by atoms with Crippen molar-refractivity contribution in [3.63, 3.8) is 0 Å². The standard InChI is InChI=1S/C11H10ClN3OS2/c12-7-1-3-8(4-2-7)17-6-10-14-5-9(18-10)11(16)15-13/h1-5H,6,13H2,(H,15,16). The lowest BCUT2D eigenvalue weighted by atomic mass is 10.4. The maximum Gasteiger partial charge on any atom is 0.276 e. The Morgan fingerprint density at radius 2 is 2.17 bits per heavy atom. The van der Waals surface area contributed by atoms with E-state index < -0.39 is 0 Å². The topological polar surface area (TPSA) is 68.0 Å². The van der Waals surface area contributed by atoms with Gasteiger partial charge in [-0.15, -0.1) is 23.1 Å². The quantitative estimate of drug-likeness (QED) is 0.394. The third-order valence-electron chi connectivity index (χ3n) is 2.08. The molecule has 7 heteroatoms. The Balaban J connectivity index is 1.96. The van der Waals surface area contributed by atoms with Gasteiger partial charge in [0.1, 0.15) is 9.88 Å². The fourth-order valence-corrected chi connectivity index (χ4v) is 3.08. The summed E-state index contributed by atoms with van der Waals surface area (Å²) in [6, 6.07) is 7.60. The molecule has 0 aliphatic heterocycles. The van der Waals surface area contributed by atoms with Crippen molar-refractivity contribution in [3.05, 3.63) is 45.4 Å². The highest BCUT2D eigenvalue weighted by Gasteiger charge is 2.09. The molecule has 1 aromatic carbocycles. The van der Waals surface area contributed by atoms with E-state index in [1.165, 1.54) is 17.5 Å². The number of carbonyl (C=O) groups is 1. The minimum Gasteiger partial charge on any atom is -0.289 e. The van der Waals surface area contributed by atoms with Crippen LogP contribution in [0.1, 0.15) is 14.7 Å². The number of nitrogen functional groups attached to an aromatic ring is 1. The number of halogens is 1. The lowest BCUT2D eigenvalue weighted by molar-refractivity contribution is 0.0957. The van der Waals surface area contributed by atoms with E-state index in [1.54, 1.807) is 11.8 Å². The minimum atomic E-state index is -0.310. The molecule has 3 N–H and O–H groups in total. The molecule has 1 aromatic heterocycles. The van der Waals surface area contributed by atoms with Crippen LogP contribution in [0.15, 0.2) is 35.4 Å². The van der Waals surface area contributed by atoms with Crippen LogP contribution in [-0.2, 0) is 5.75 Å². The van der Waals surface area contributed by atoms with Crippen molar-refractivity contribution in [2.24, 2.45) is 5.84 Å². The summed E-state index contributed by atoms with van der Waals surface area (Å²) in [5.41, 5.74) is 2.08. The van der Waals surface area contributed by atoms with Gasteiger partial charge in [-0.1, -0.05) is 11.6 Å². The van der Waals surface area contributed by atoms with E-state index in [1.807, 2.05) is 24.3 Å². The molecule has 2 aromatic rings. The largest absolute Gasteiger partial charge is 0.289 e. The summed E-state index contributed by atoms with van der Waals surface area (Å²) in [6.45, 7) is 0. The number of amides is 1. The number of nitrogens with zero attached hydrogens (tertiary/aromatic N) is 1. The fourth-order valence-electron chi connectivity index (χ4n) is 1.23. The minimum absolute atomic E-state index is 0.310. The third kappa shape index (κ3) is 3.46. The van der Waals surface area contributed by atoms with Crippen LogP contribution in [0.3, 0.4) is 0 Å². The molecule has 0 spiro atoms. The Morgan fingerprint density at radius 1 is 1.44 bits per heavy atom. The maximum atomic E-state index is 11.3. The van der Waals surface area contributed by atoms with E-state index in [0.29, 0.717) is 10.6 Å². The summed E-state index contributed by atoms with van der Waals surface area (Å²) >= 11 is 8.79.